The molecule has 0 unspecified atom stereocenters. The van der Waals surface area contributed by atoms with E-state index in [9.17, 15) is 10.1 Å². The average molecular weight is 485 g/mol. The number of hydrogen-bond acceptors (Lipinski definition) is 7. The van der Waals surface area contributed by atoms with Gasteiger partial charge in [-0.15, -0.1) is 0 Å². The van der Waals surface area contributed by atoms with E-state index in [4.69, 9.17) is 9.72 Å². The summed E-state index contributed by atoms with van der Waals surface area (Å²) in [6.45, 7) is 11.0. The van der Waals surface area contributed by atoms with Gasteiger partial charge in [0.05, 0.1) is 22.8 Å². The third-order valence-corrected chi connectivity index (χ3v) is 6.84. The quantitative estimate of drug-likeness (QED) is 0.499. The van der Waals surface area contributed by atoms with Crippen LogP contribution in [0.4, 0.5) is 10.6 Å². The van der Waals surface area contributed by atoms with E-state index in [0.29, 0.717) is 24.6 Å². The second-order valence-electron chi connectivity index (χ2n) is 11.0. The highest BCUT2D eigenvalue weighted by atomic mass is 16.6. The number of nitrogens with zero attached hydrogens (tertiary/aromatic N) is 6. The Morgan fingerprint density at radius 2 is 1.86 bits per heavy atom. The fourth-order valence-corrected chi connectivity index (χ4v) is 4.90. The Kier molecular flexibility index (Phi) is 6.03. The number of hydrogen-bond donors (Lipinski definition) is 0. The third kappa shape index (κ3) is 4.70. The summed E-state index contributed by atoms with van der Waals surface area (Å²) >= 11 is 0. The minimum atomic E-state index is -0.535. The highest BCUT2D eigenvalue weighted by Gasteiger charge is 2.36. The predicted octanol–water partition coefficient (Wildman–Crippen LogP) is 5.27. The SMILES string of the molecule is C[C@@H]1CN(c2ncnc3c(-c4cc(C#N)ccn4)cc(C4CC4)cc23)[C@@H](C)CN1C(=O)OC(C)(C)C. The lowest BCUT2D eigenvalue weighted by Gasteiger charge is -2.44. The molecule has 186 valence electrons. The highest BCUT2D eigenvalue weighted by molar-refractivity contribution is 5.99. The van der Waals surface area contributed by atoms with Crippen LogP contribution in [0.1, 0.15) is 64.5 Å². The summed E-state index contributed by atoms with van der Waals surface area (Å²) in [5.74, 6) is 1.39. The summed E-state index contributed by atoms with van der Waals surface area (Å²) in [5, 5.41) is 10.4. The fraction of sp³-hybridized carbons (Fsp3) is 0.464. The van der Waals surface area contributed by atoms with E-state index in [1.54, 1.807) is 18.6 Å². The molecule has 2 fully saturated rings. The minimum absolute atomic E-state index is 0.0406. The van der Waals surface area contributed by atoms with E-state index in [1.165, 1.54) is 18.4 Å². The van der Waals surface area contributed by atoms with Gasteiger partial charge in [0.15, 0.2) is 0 Å². The first-order valence-corrected chi connectivity index (χ1v) is 12.6. The first-order chi connectivity index (χ1) is 17.1. The van der Waals surface area contributed by atoms with Crippen molar-refractivity contribution in [1.82, 2.24) is 19.9 Å². The van der Waals surface area contributed by atoms with E-state index < -0.39 is 5.60 Å². The monoisotopic (exact) mass is 484 g/mol. The van der Waals surface area contributed by atoms with Crippen molar-refractivity contribution in [2.24, 2.45) is 0 Å². The van der Waals surface area contributed by atoms with Crippen LogP contribution in [0.2, 0.25) is 0 Å². The molecule has 2 atom stereocenters. The van der Waals surface area contributed by atoms with Crippen LogP contribution >= 0.6 is 0 Å². The Balaban J connectivity index is 1.55. The van der Waals surface area contributed by atoms with Crippen molar-refractivity contribution in [3.8, 4) is 17.3 Å². The number of piperazine rings is 1. The van der Waals surface area contributed by atoms with Crippen LogP contribution in [0.3, 0.4) is 0 Å². The van der Waals surface area contributed by atoms with E-state index in [-0.39, 0.29) is 18.2 Å². The molecule has 0 radical (unpaired) electrons. The van der Waals surface area contributed by atoms with Gasteiger partial charge in [0, 0.05) is 42.3 Å². The zero-order valence-corrected chi connectivity index (χ0v) is 21.5. The van der Waals surface area contributed by atoms with Crippen LogP contribution in [0.25, 0.3) is 22.2 Å². The first kappa shape index (κ1) is 24.0. The number of carbonyl (C=O) groups is 1. The summed E-state index contributed by atoms with van der Waals surface area (Å²) in [6.07, 6.45) is 5.33. The predicted molar refractivity (Wildman–Crippen MR) is 139 cm³/mol. The van der Waals surface area contributed by atoms with Gasteiger partial charge in [-0.05, 0) is 83.2 Å². The number of ether oxygens (including phenoxy) is 1. The molecule has 1 saturated heterocycles. The normalized spacial score (nSPS) is 20.3. The second kappa shape index (κ2) is 9.05. The Morgan fingerprint density at radius 3 is 2.56 bits per heavy atom. The van der Waals surface area contributed by atoms with Gasteiger partial charge in [0.25, 0.3) is 0 Å². The number of amides is 1. The van der Waals surface area contributed by atoms with Gasteiger partial charge < -0.3 is 14.5 Å². The van der Waals surface area contributed by atoms with Gasteiger partial charge in [0.2, 0.25) is 0 Å². The summed E-state index contributed by atoms with van der Waals surface area (Å²) < 4.78 is 5.65. The summed E-state index contributed by atoms with van der Waals surface area (Å²) in [6, 6.07) is 10.1. The topological polar surface area (TPSA) is 95.2 Å². The number of carbonyl (C=O) groups excluding carboxylic acids is 1. The molecule has 0 N–H and O–H groups in total. The van der Waals surface area contributed by atoms with Crippen LogP contribution in [-0.2, 0) is 4.74 Å². The van der Waals surface area contributed by atoms with Crippen molar-refractivity contribution in [2.45, 2.75) is 71.1 Å². The standard InChI is InChI=1S/C28H32N6O2/c1-17-15-34(27(35)36-28(3,4)5)18(2)14-33(17)26-23-12-21(20-6-7-20)11-22(25(23)31-16-32-26)24-10-19(13-29)8-9-30-24/h8-12,16-18,20H,6-7,14-15H2,1-5H3/t17-,18+/m0/s1. The molecule has 36 heavy (non-hydrogen) atoms. The maximum absolute atomic E-state index is 12.8. The van der Waals surface area contributed by atoms with Crippen molar-refractivity contribution in [3.05, 3.63) is 47.9 Å². The van der Waals surface area contributed by atoms with Crippen LogP contribution in [0.5, 0.6) is 0 Å². The van der Waals surface area contributed by atoms with Crippen molar-refractivity contribution >= 4 is 22.8 Å². The maximum atomic E-state index is 12.8. The van der Waals surface area contributed by atoms with E-state index in [1.807, 2.05) is 38.7 Å². The molecule has 1 aromatic carbocycles. The largest absolute Gasteiger partial charge is 0.444 e. The van der Waals surface area contributed by atoms with E-state index in [2.05, 4.69) is 40.0 Å². The van der Waals surface area contributed by atoms with Crippen molar-refractivity contribution in [2.75, 3.05) is 18.0 Å². The molecule has 3 heterocycles. The molecule has 1 amide bonds. The molecule has 1 aliphatic heterocycles. The van der Waals surface area contributed by atoms with E-state index in [0.717, 1.165) is 28.0 Å². The molecule has 8 heteroatoms. The summed E-state index contributed by atoms with van der Waals surface area (Å²) in [7, 11) is 0. The van der Waals surface area contributed by atoms with Crippen LogP contribution < -0.4 is 4.90 Å². The fourth-order valence-electron chi connectivity index (χ4n) is 4.90. The lowest BCUT2D eigenvalue weighted by Crippen LogP contribution is -2.59. The number of aromatic nitrogens is 3. The minimum Gasteiger partial charge on any atom is -0.444 e. The zero-order chi connectivity index (χ0) is 25.6. The van der Waals surface area contributed by atoms with Gasteiger partial charge in [0.1, 0.15) is 17.7 Å². The Labute approximate surface area is 211 Å². The molecule has 5 rings (SSSR count). The third-order valence-electron chi connectivity index (χ3n) is 6.84. The molecule has 1 aliphatic carbocycles. The summed E-state index contributed by atoms with van der Waals surface area (Å²) in [4.78, 5) is 30.9. The molecule has 2 aromatic heterocycles. The van der Waals surface area contributed by atoms with Gasteiger partial charge in [-0.1, -0.05) is 0 Å². The van der Waals surface area contributed by atoms with Crippen LogP contribution in [0.15, 0.2) is 36.8 Å². The van der Waals surface area contributed by atoms with Gasteiger partial charge in [-0.2, -0.15) is 5.26 Å². The molecule has 2 aliphatic rings. The Bertz CT molecular complexity index is 1350. The van der Waals surface area contributed by atoms with Crippen LogP contribution in [-0.4, -0.2) is 56.7 Å². The Morgan fingerprint density at radius 1 is 1.08 bits per heavy atom. The number of fused-ring (bicyclic) bond motifs is 1. The van der Waals surface area contributed by atoms with Gasteiger partial charge >= 0.3 is 6.09 Å². The molecular weight excluding hydrogens is 452 g/mol. The van der Waals surface area contributed by atoms with Crippen molar-refractivity contribution < 1.29 is 9.53 Å². The van der Waals surface area contributed by atoms with Gasteiger partial charge in [-0.25, -0.2) is 14.8 Å². The number of rotatable bonds is 3. The van der Waals surface area contributed by atoms with Crippen LogP contribution in [0, 0.1) is 11.3 Å². The lowest BCUT2D eigenvalue weighted by atomic mass is 9.98. The molecule has 0 spiro atoms. The van der Waals surface area contributed by atoms with Crippen molar-refractivity contribution in [1.29, 1.82) is 5.26 Å². The molecule has 8 nitrogen and oxygen atoms in total. The lowest BCUT2D eigenvalue weighted by molar-refractivity contribution is 0.0130. The molecule has 0 bridgehead atoms. The maximum Gasteiger partial charge on any atom is 0.410 e. The number of pyridine rings is 1. The number of anilines is 1. The van der Waals surface area contributed by atoms with Gasteiger partial charge in [-0.3, -0.25) is 4.98 Å². The molecular formula is C28H32N6O2. The Hall–Kier alpha value is -3.73. The zero-order valence-electron chi connectivity index (χ0n) is 21.5. The molecule has 3 aromatic rings. The number of benzene rings is 1. The van der Waals surface area contributed by atoms with Crippen molar-refractivity contribution in [3.63, 3.8) is 0 Å². The smallest absolute Gasteiger partial charge is 0.410 e. The highest BCUT2D eigenvalue weighted by Crippen LogP contribution is 2.44. The summed E-state index contributed by atoms with van der Waals surface area (Å²) in [5.41, 5.74) is 3.77. The average Bonchev–Trinajstić information content (AvgIpc) is 3.69. The second-order valence-corrected chi connectivity index (χ2v) is 11.0. The number of nitriles is 1. The first-order valence-electron chi connectivity index (χ1n) is 12.6. The van der Waals surface area contributed by atoms with E-state index >= 15 is 0 Å². The molecule has 1 saturated carbocycles.